The Morgan fingerprint density at radius 3 is 2.44 bits per heavy atom. The highest BCUT2D eigenvalue weighted by atomic mass is 19.4. The van der Waals surface area contributed by atoms with Gasteiger partial charge in [0, 0.05) is 24.6 Å². The maximum absolute atomic E-state index is 12.6. The Bertz CT molecular complexity index is 881. The van der Waals surface area contributed by atoms with Crippen molar-refractivity contribution in [3.05, 3.63) is 47.0 Å². The zero-order valence-corrected chi connectivity index (χ0v) is 14.9. The van der Waals surface area contributed by atoms with Crippen LogP contribution in [0.15, 0.2) is 24.4 Å². The summed E-state index contributed by atoms with van der Waals surface area (Å²) in [6.07, 6.45) is -2.82. The summed E-state index contributed by atoms with van der Waals surface area (Å²) in [5.41, 5.74) is 0.485. The average molecular weight is 385 g/mol. The molecule has 27 heavy (non-hydrogen) atoms. The normalized spacial score (nSPS) is 11.3. The number of hydrogen-bond donors (Lipinski definition) is 1. The Kier molecular flexibility index (Phi) is 5.77. The number of halogens is 3. The molecule has 2 amide bonds. The van der Waals surface area contributed by atoms with Crippen molar-refractivity contribution in [3.8, 4) is 0 Å². The third kappa shape index (κ3) is 4.99. The van der Waals surface area contributed by atoms with Crippen molar-refractivity contribution >= 4 is 17.8 Å². The van der Waals surface area contributed by atoms with Gasteiger partial charge in [-0.25, -0.2) is 4.79 Å². The summed E-state index contributed by atoms with van der Waals surface area (Å²) in [6.45, 7) is 0.816. The highest BCUT2D eigenvalue weighted by molar-refractivity contribution is 6.04. The van der Waals surface area contributed by atoms with Gasteiger partial charge < -0.3 is 13.9 Å². The Hall–Kier alpha value is -3.04. The van der Waals surface area contributed by atoms with Gasteiger partial charge >= 0.3 is 12.1 Å². The quantitative estimate of drug-likeness (QED) is 0.800. The number of rotatable bonds is 5. The molecule has 1 N–H and O–H groups in total. The molecule has 0 unspecified atom stereocenters. The van der Waals surface area contributed by atoms with Crippen LogP contribution >= 0.6 is 0 Å². The minimum Gasteiger partial charge on any atom is -0.452 e. The highest BCUT2D eigenvalue weighted by Gasteiger charge is 2.30. The van der Waals surface area contributed by atoms with Gasteiger partial charge in [-0.1, -0.05) is 0 Å². The van der Waals surface area contributed by atoms with Crippen LogP contribution in [0.2, 0.25) is 0 Å². The average Bonchev–Trinajstić information content (AvgIpc) is 3.10. The monoisotopic (exact) mass is 385 g/mol. The number of aromatic nitrogens is 2. The molecule has 10 heteroatoms. The van der Waals surface area contributed by atoms with Gasteiger partial charge in [-0.15, -0.1) is 0 Å². The van der Waals surface area contributed by atoms with Crippen molar-refractivity contribution in [1.29, 1.82) is 0 Å². The first kappa shape index (κ1) is 20.3. The highest BCUT2D eigenvalue weighted by Crippen LogP contribution is 2.23. The van der Waals surface area contributed by atoms with Crippen molar-refractivity contribution in [2.45, 2.75) is 26.6 Å². The first-order chi connectivity index (χ1) is 12.5. The van der Waals surface area contributed by atoms with Crippen molar-refractivity contribution in [3.63, 3.8) is 0 Å². The fraction of sp³-hybridized carbons (Fsp3) is 0.353. The van der Waals surface area contributed by atoms with E-state index >= 15 is 0 Å². The molecule has 2 aromatic rings. The Morgan fingerprint density at radius 1 is 1.22 bits per heavy atom. The minimum atomic E-state index is -4.44. The molecule has 0 spiro atoms. The molecule has 2 heterocycles. The van der Waals surface area contributed by atoms with Crippen molar-refractivity contribution < 1.29 is 32.3 Å². The molecular weight excluding hydrogens is 367 g/mol. The second-order valence-electron chi connectivity index (χ2n) is 5.94. The zero-order valence-electron chi connectivity index (χ0n) is 14.9. The summed E-state index contributed by atoms with van der Waals surface area (Å²) in [6, 6.07) is 4.39. The molecule has 0 aliphatic rings. The predicted octanol–water partition coefficient (Wildman–Crippen LogP) is 2.12. The van der Waals surface area contributed by atoms with E-state index in [0.29, 0.717) is 0 Å². The summed E-state index contributed by atoms with van der Waals surface area (Å²) in [5.74, 6) is -2.46. The van der Waals surface area contributed by atoms with Gasteiger partial charge in [-0.05, 0) is 32.0 Å². The van der Waals surface area contributed by atoms with Gasteiger partial charge in [0.2, 0.25) is 0 Å². The maximum Gasteiger partial charge on any atom is 0.406 e. The first-order valence-corrected chi connectivity index (χ1v) is 7.85. The molecule has 2 rings (SSSR count). The second kappa shape index (κ2) is 7.68. The lowest BCUT2D eigenvalue weighted by Gasteiger charge is -2.12. The molecule has 0 radical (unpaired) electrons. The number of ether oxygens (including phenoxy) is 1. The molecule has 0 aromatic carbocycles. The molecule has 146 valence electrons. The number of amides is 2. The van der Waals surface area contributed by atoms with Crippen LogP contribution in [-0.2, 0) is 23.1 Å². The smallest absolute Gasteiger partial charge is 0.406 e. The topological polar surface area (TPSA) is 82.3 Å². The van der Waals surface area contributed by atoms with Gasteiger partial charge in [0.25, 0.3) is 11.8 Å². The number of alkyl halides is 3. The molecule has 0 aliphatic carbocycles. The summed E-state index contributed by atoms with van der Waals surface area (Å²) < 4.78 is 45.1. The molecular formula is C17H18F3N3O4. The number of hydrogen-bond acceptors (Lipinski definition) is 4. The molecule has 0 bridgehead atoms. The van der Waals surface area contributed by atoms with E-state index in [-0.39, 0.29) is 22.6 Å². The third-order valence-electron chi connectivity index (χ3n) is 3.89. The predicted molar refractivity (Wildman–Crippen MR) is 88.1 cm³/mol. The van der Waals surface area contributed by atoms with Crippen LogP contribution < -0.4 is 5.32 Å². The second-order valence-corrected chi connectivity index (χ2v) is 5.94. The van der Waals surface area contributed by atoms with E-state index in [1.54, 1.807) is 19.3 Å². The van der Waals surface area contributed by atoms with Gasteiger partial charge in [-0.3, -0.25) is 14.9 Å². The lowest BCUT2D eigenvalue weighted by atomic mass is 10.2. The Morgan fingerprint density at radius 2 is 1.89 bits per heavy atom. The van der Waals surface area contributed by atoms with Crippen LogP contribution in [-0.4, -0.2) is 39.7 Å². The van der Waals surface area contributed by atoms with Crippen LogP contribution in [0.3, 0.4) is 0 Å². The Balaban J connectivity index is 1.98. The minimum absolute atomic E-state index is 0.0710. The zero-order chi connectivity index (χ0) is 20.4. The molecule has 0 aliphatic heterocycles. The largest absolute Gasteiger partial charge is 0.452 e. The molecule has 0 atom stereocenters. The summed E-state index contributed by atoms with van der Waals surface area (Å²) in [4.78, 5) is 35.7. The Labute approximate surface area is 152 Å². The van der Waals surface area contributed by atoms with Crippen LogP contribution in [0.1, 0.15) is 32.2 Å². The van der Waals surface area contributed by atoms with Gasteiger partial charge in [0.05, 0.1) is 5.56 Å². The fourth-order valence-electron chi connectivity index (χ4n) is 2.56. The SMILES string of the molecule is Cc1cc(C(=O)OCC(=O)NC(=O)c2cccn2C)c(C)n1CC(F)(F)F. The third-order valence-corrected chi connectivity index (χ3v) is 3.89. The van der Waals surface area contributed by atoms with Crippen LogP contribution in [0, 0.1) is 13.8 Å². The van der Waals surface area contributed by atoms with Crippen LogP contribution in [0.4, 0.5) is 13.2 Å². The molecule has 0 saturated carbocycles. The lowest BCUT2D eigenvalue weighted by molar-refractivity contribution is -0.141. The molecule has 7 nitrogen and oxygen atoms in total. The first-order valence-electron chi connectivity index (χ1n) is 7.85. The van der Waals surface area contributed by atoms with Gasteiger partial charge in [0.15, 0.2) is 6.61 Å². The standard InChI is InChI=1S/C17H18F3N3O4/c1-10-7-12(11(2)23(10)9-17(18,19)20)16(26)27-8-14(24)21-15(25)13-5-4-6-22(13)3/h4-7H,8-9H2,1-3H3,(H,21,24,25). The molecule has 2 aromatic heterocycles. The van der Waals surface area contributed by atoms with Crippen molar-refractivity contribution in [2.75, 3.05) is 6.61 Å². The van der Waals surface area contributed by atoms with Crippen molar-refractivity contribution in [1.82, 2.24) is 14.5 Å². The van der Waals surface area contributed by atoms with E-state index < -0.39 is 37.1 Å². The van der Waals surface area contributed by atoms with E-state index in [1.807, 2.05) is 0 Å². The number of nitrogens with one attached hydrogen (secondary N) is 1. The van der Waals surface area contributed by atoms with E-state index in [9.17, 15) is 27.6 Å². The van der Waals surface area contributed by atoms with E-state index in [1.165, 1.54) is 30.5 Å². The fourth-order valence-corrected chi connectivity index (χ4v) is 2.56. The van der Waals surface area contributed by atoms with E-state index in [4.69, 9.17) is 4.74 Å². The number of carbonyl (C=O) groups excluding carboxylic acids is 3. The maximum atomic E-state index is 12.6. The van der Waals surface area contributed by atoms with E-state index in [0.717, 1.165) is 4.57 Å². The van der Waals surface area contributed by atoms with Crippen LogP contribution in [0.25, 0.3) is 0 Å². The molecule has 0 saturated heterocycles. The molecule has 0 fully saturated rings. The summed E-state index contributed by atoms with van der Waals surface area (Å²) in [5, 5.41) is 2.06. The summed E-state index contributed by atoms with van der Waals surface area (Å²) >= 11 is 0. The van der Waals surface area contributed by atoms with E-state index in [2.05, 4.69) is 5.32 Å². The number of aryl methyl sites for hydroxylation is 2. The van der Waals surface area contributed by atoms with Gasteiger partial charge in [0.1, 0.15) is 12.2 Å². The number of esters is 1. The van der Waals surface area contributed by atoms with Gasteiger partial charge in [-0.2, -0.15) is 13.2 Å². The summed E-state index contributed by atoms with van der Waals surface area (Å²) in [7, 11) is 1.62. The lowest BCUT2D eigenvalue weighted by Crippen LogP contribution is -2.35. The number of carbonyl (C=O) groups is 3. The van der Waals surface area contributed by atoms with Crippen molar-refractivity contribution in [2.24, 2.45) is 7.05 Å². The number of imide groups is 1. The number of nitrogens with zero attached hydrogens (tertiary/aromatic N) is 2. The van der Waals surface area contributed by atoms with Crippen LogP contribution in [0.5, 0.6) is 0 Å².